The highest BCUT2D eigenvalue weighted by atomic mass is 16.5. The van der Waals surface area contributed by atoms with Crippen LogP contribution in [0.3, 0.4) is 0 Å². The number of fused-ring (bicyclic) bond motifs is 1. The molecule has 0 atom stereocenters. The zero-order valence-corrected chi connectivity index (χ0v) is 16.8. The number of aryl methyl sites for hydroxylation is 3. The first-order chi connectivity index (χ1) is 13.8. The summed E-state index contributed by atoms with van der Waals surface area (Å²) < 4.78 is 7.18. The molecule has 1 aliphatic heterocycles. The van der Waals surface area contributed by atoms with Gasteiger partial charge in [-0.1, -0.05) is 6.07 Å². The summed E-state index contributed by atoms with van der Waals surface area (Å²) in [5.41, 5.74) is 5.56. The summed E-state index contributed by atoms with van der Waals surface area (Å²) in [6.07, 6.45) is 0. The number of carbonyl (C=O) groups is 2. The first-order valence-corrected chi connectivity index (χ1v) is 9.32. The molecule has 7 heteroatoms. The molecule has 0 radical (unpaired) electrons. The lowest BCUT2D eigenvalue weighted by molar-refractivity contribution is -0.120. The van der Waals surface area contributed by atoms with Crippen molar-refractivity contribution in [3.63, 3.8) is 0 Å². The molecule has 1 N–H and O–H groups in total. The maximum atomic E-state index is 12.8. The lowest BCUT2D eigenvalue weighted by Gasteiger charge is -2.26. The summed E-state index contributed by atoms with van der Waals surface area (Å²) in [5.74, 6) is 0.158. The third-order valence-electron chi connectivity index (χ3n) is 4.87. The molecule has 0 unspecified atom stereocenters. The minimum atomic E-state index is -0.318. The number of rotatable bonds is 3. The molecule has 0 spiro atoms. The van der Waals surface area contributed by atoms with Gasteiger partial charge in [-0.25, -0.2) is 4.68 Å². The number of hydrogen-bond acceptors (Lipinski definition) is 4. The Hall–Kier alpha value is -3.61. The van der Waals surface area contributed by atoms with Crippen LogP contribution >= 0.6 is 0 Å². The molecule has 4 rings (SSSR count). The van der Waals surface area contributed by atoms with E-state index in [4.69, 9.17) is 4.74 Å². The molecule has 0 bridgehead atoms. The first kappa shape index (κ1) is 18.7. The van der Waals surface area contributed by atoms with Gasteiger partial charge in [0.15, 0.2) is 12.3 Å². The SMILES string of the molecule is Cc1cc(C)cc(-n2nc(C(=O)Nc3ccc4c(c3)N(C)C(=O)CO4)cc2C)c1. The van der Waals surface area contributed by atoms with Gasteiger partial charge in [0.1, 0.15) is 5.75 Å². The average molecular weight is 390 g/mol. The quantitative estimate of drug-likeness (QED) is 0.744. The van der Waals surface area contributed by atoms with Crippen LogP contribution in [0.15, 0.2) is 42.5 Å². The molecule has 2 aromatic carbocycles. The van der Waals surface area contributed by atoms with E-state index in [1.807, 2.05) is 32.9 Å². The van der Waals surface area contributed by atoms with Crippen LogP contribution < -0.4 is 15.0 Å². The van der Waals surface area contributed by atoms with Gasteiger partial charge in [-0.2, -0.15) is 5.10 Å². The fraction of sp³-hybridized carbons (Fsp3) is 0.227. The zero-order valence-electron chi connectivity index (χ0n) is 16.8. The van der Waals surface area contributed by atoms with Crippen LogP contribution in [0.1, 0.15) is 27.3 Å². The maximum Gasteiger partial charge on any atom is 0.276 e. The van der Waals surface area contributed by atoms with E-state index in [2.05, 4.69) is 16.5 Å². The predicted octanol–water partition coefficient (Wildman–Crippen LogP) is 3.41. The van der Waals surface area contributed by atoms with Gasteiger partial charge in [-0.05, 0) is 68.3 Å². The monoisotopic (exact) mass is 390 g/mol. The topological polar surface area (TPSA) is 76.5 Å². The number of nitrogens with one attached hydrogen (secondary N) is 1. The van der Waals surface area contributed by atoms with E-state index in [9.17, 15) is 9.59 Å². The fourth-order valence-electron chi connectivity index (χ4n) is 3.46. The van der Waals surface area contributed by atoms with Gasteiger partial charge < -0.3 is 15.0 Å². The summed E-state index contributed by atoms with van der Waals surface area (Å²) in [7, 11) is 1.68. The van der Waals surface area contributed by atoms with E-state index in [1.165, 1.54) is 4.90 Å². The van der Waals surface area contributed by atoms with Gasteiger partial charge in [0.05, 0.1) is 11.4 Å². The predicted molar refractivity (Wildman–Crippen MR) is 111 cm³/mol. The summed E-state index contributed by atoms with van der Waals surface area (Å²) >= 11 is 0. The Labute approximate surface area is 168 Å². The molecular formula is C22H22N4O3. The minimum absolute atomic E-state index is 0.0182. The maximum absolute atomic E-state index is 12.8. The van der Waals surface area contributed by atoms with Crippen LogP contribution in [0.5, 0.6) is 5.75 Å². The van der Waals surface area contributed by atoms with Crippen LogP contribution in [0, 0.1) is 20.8 Å². The van der Waals surface area contributed by atoms with Crippen LogP contribution in [0.4, 0.5) is 11.4 Å². The number of nitrogens with zero attached hydrogens (tertiary/aromatic N) is 3. The van der Waals surface area contributed by atoms with Gasteiger partial charge >= 0.3 is 0 Å². The summed E-state index contributed by atoms with van der Waals surface area (Å²) in [4.78, 5) is 26.1. The van der Waals surface area contributed by atoms with E-state index in [1.54, 1.807) is 36.0 Å². The largest absolute Gasteiger partial charge is 0.482 e. The highest BCUT2D eigenvalue weighted by Gasteiger charge is 2.23. The van der Waals surface area contributed by atoms with Crippen molar-refractivity contribution in [3.8, 4) is 11.4 Å². The van der Waals surface area contributed by atoms with Crippen molar-refractivity contribution in [1.29, 1.82) is 0 Å². The number of carbonyl (C=O) groups excluding carboxylic acids is 2. The van der Waals surface area contributed by atoms with Crippen molar-refractivity contribution in [2.75, 3.05) is 23.9 Å². The lowest BCUT2D eigenvalue weighted by atomic mass is 10.1. The zero-order chi connectivity index (χ0) is 20.7. The van der Waals surface area contributed by atoms with Crippen molar-refractivity contribution in [1.82, 2.24) is 9.78 Å². The Balaban J connectivity index is 1.59. The number of anilines is 2. The van der Waals surface area contributed by atoms with Crippen molar-refractivity contribution in [3.05, 3.63) is 65.0 Å². The number of benzene rings is 2. The Kier molecular flexibility index (Phi) is 4.58. The molecule has 2 amide bonds. The standard InChI is InChI=1S/C22H22N4O3/c1-13-7-14(2)9-17(8-13)26-15(3)10-18(24-26)22(28)23-16-5-6-20-19(11-16)25(4)21(27)12-29-20/h5-11H,12H2,1-4H3,(H,23,28). The fourth-order valence-corrected chi connectivity index (χ4v) is 3.46. The van der Waals surface area contributed by atoms with Crippen LogP contribution in [-0.4, -0.2) is 35.2 Å². The highest BCUT2D eigenvalue weighted by molar-refractivity contribution is 6.04. The summed E-state index contributed by atoms with van der Waals surface area (Å²) in [6.45, 7) is 6.00. The number of ether oxygens (including phenoxy) is 1. The van der Waals surface area contributed by atoms with Crippen LogP contribution in [0.2, 0.25) is 0 Å². The molecule has 0 saturated heterocycles. The van der Waals surface area contributed by atoms with Crippen molar-refractivity contribution < 1.29 is 14.3 Å². The number of likely N-dealkylation sites (N-methyl/N-ethyl adjacent to an activating group) is 1. The minimum Gasteiger partial charge on any atom is -0.482 e. The Morgan fingerprint density at radius 1 is 1.07 bits per heavy atom. The lowest BCUT2D eigenvalue weighted by Crippen LogP contribution is -2.35. The average Bonchev–Trinajstić information content (AvgIpc) is 3.06. The van der Waals surface area contributed by atoms with E-state index >= 15 is 0 Å². The molecule has 0 fully saturated rings. The molecular weight excluding hydrogens is 368 g/mol. The second-order valence-electron chi connectivity index (χ2n) is 7.31. The second-order valence-corrected chi connectivity index (χ2v) is 7.31. The summed E-state index contributed by atoms with van der Waals surface area (Å²) in [6, 6.07) is 13.1. The van der Waals surface area contributed by atoms with Gasteiger partial charge in [-0.15, -0.1) is 0 Å². The van der Waals surface area contributed by atoms with Crippen molar-refractivity contribution in [2.45, 2.75) is 20.8 Å². The Morgan fingerprint density at radius 2 is 1.79 bits per heavy atom. The molecule has 3 aromatic rings. The first-order valence-electron chi connectivity index (χ1n) is 9.32. The highest BCUT2D eigenvalue weighted by Crippen LogP contribution is 2.33. The molecule has 29 heavy (non-hydrogen) atoms. The van der Waals surface area contributed by atoms with Gasteiger partial charge in [0, 0.05) is 18.4 Å². The molecule has 7 nitrogen and oxygen atoms in total. The second kappa shape index (κ2) is 7.09. The normalized spacial score (nSPS) is 13.1. The van der Waals surface area contributed by atoms with E-state index in [-0.39, 0.29) is 18.4 Å². The molecule has 1 aliphatic rings. The van der Waals surface area contributed by atoms with Crippen molar-refractivity contribution >= 4 is 23.2 Å². The Bertz CT molecular complexity index is 1110. The number of aromatic nitrogens is 2. The third kappa shape index (κ3) is 3.59. The molecule has 2 heterocycles. The van der Waals surface area contributed by atoms with Crippen molar-refractivity contribution in [2.24, 2.45) is 0 Å². The van der Waals surface area contributed by atoms with Gasteiger partial charge in [0.2, 0.25) is 0 Å². The molecule has 0 aliphatic carbocycles. The number of hydrogen-bond donors (Lipinski definition) is 1. The van der Waals surface area contributed by atoms with Gasteiger partial charge in [0.25, 0.3) is 11.8 Å². The Morgan fingerprint density at radius 3 is 2.52 bits per heavy atom. The van der Waals surface area contributed by atoms with Crippen LogP contribution in [0.25, 0.3) is 5.69 Å². The number of amides is 2. The summed E-state index contributed by atoms with van der Waals surface area (Å²) in [5, 5.41) is 7.34. The van der Waals surface area contributed by atoms with E-state index in [0.29, 0.717) is 22.8 Å². The molecule has 148 valence electrons. The third-order valence-corrected chi connectivity index (χ3v) is 4.87. The van der Waals surface area contributed by atoms with E-state index < -0.39 is 0 Å². The van der Waals surface area contributed by atoms with E-state index in [0.717, 1.165) is 22.5 Å². The van der Waals surface area contributed by atoms with Gasteiger partial charge in [-0.3, -0.25) is 9.59 Å². The van der Waals surface area contributed by atoms with Crippen LogP contribution in [-0.2, 0) is 4.79 Å². The smallest absolute Gasteiger partial charge is 0.276 e. The molecule has 1 aromatic heterocycles. The molecule has 0 saturated carbocycles.